The molecule has 0 aliphatic carbocycles. The van der Waals surface area contributed by atoms with Crippen LogP contribution in [0.4, 0.5) is 4.79 Å². The monoisotopic (exact) mass is 301 g/mol. The summed E-state index contributed by atoms with van der Waals surface area (Å²) in [5.74, 6) is 0.0138. The smallest absolute Gasteiger partial charge is 0.327 e. The SMILES string of the molecule is CC(CNC(=O)N1CSCC1C(=O)O)N1CCCCC1. The van der Waals surface area contributed by atoms with E-state index < -0.39 is 12.0 Å². The molecule has 2 unspecified atom stereocenters. The van der Waals surface area contributed by atoms with Gasteiger partial charge in [-0.2, -0.15) is 0 Å². The van der Waals surface area contributed by atoms with Gasteiger partial charge in [-0.25, -0.2) is 9.59 Å². The average molecular weight is 301 g/mol. The number of carbonyl (C=O) groups excluding carboxylic acids is 1. The largest absolute Gasteiger partial charge is 0.480 e. The molecule has 6 nitrogen and oxygen atoms in total. The van der Waals surface area contributed by atoms with Crippen molar-refractivity contribution in [3.63, 3.8) is 0 Å². The molecule has 2 fully saturated rings. The number of carboxylic acids is 1. The summed E-state index contributed by atoms with van der Waals surface area (Å²) in [6.07, 6.45) is 3.74. The maximum Gasteiger partial charge on any atom is 0.327 e. The van der Waals surface area contributed by atoms with E-state index in [2.05, 4.69) is 17.1 Å². The first-order valence-electron chi connectivity index (χ1n) is 7.18. The van der Waals surface area contributed by atoms with E-state index >= 15 is 0 Å². The molecule has 0 saturated carbocycles. The summed E-state index contributed by atoms with van der Waals surface area (Å²) in [4.78, 5) is 26.9. The van der Waals surface area contributed by atoms with Crippen molar-refractivity contribution < 1.29 is 14.7 Å². The molecule has 0 aromatic carbocycles. The molecule has 20 heavy (non-hydrogen) atoms. The van der Waals surface area contributed by atoms with Crippen LogP contribution in [-0.4, -0.2) is 70.3 Å². The minimum absolute atomic E-state index is 0.258. The Labute approximate surface area is 123 Å². The van der Waals surface area contributed by atoms with Crippen molar-refractivity contribution >= 4 is 23.8 Å². The number of likely N-dealkylation sites (tertiary alicyclic amines) is 1. The van der Waals surface area contributed by atoms with Crippen LogP contribution in [0.5, 0.6) is 0 Å². The van der Waals surface area contributed by atoms with Gasteiger partial charge < -0.3 is 15.3 Å². The summed E-state index contributed by atoms with van der Waals surface area (Å²) in [7, 11) is 0. The number of urea groups is 1. The Hall–Kier alpha value is -0.950. The van der Waals surface area contributed by atoms with Crippen LogP contribution >= 0.6 is 11.8 Å². The van der Waals surface area contributed by atoms with E-state index in [0.29, 0.717) is 24.2 Å². The van der Waals surface area contributed by atoms with E-state index in [0.717, 1.165) is 13.1 Å². The van der Waals surface area contributed by atoms with E-state index in [-0.39, 0.29) is 6.03 Å². The first-order valence-corrected chi connectivity index (χ1v) is 8.34. The highest BCUT2D eigenvalue weighted by Gasteiger charge is 2.34. The fourth-order valence-electron chi connectivity index (χ4n) is 2.67. The van der Waals surface area contributed by atoms with Crippen molar-refractivity contribution in [3.8, 4) is 0 Å². The highest BCUT2D eigenvalue weighted by Crippen LogP contribution is 2.21. The summed E-state index contributed by atoms with van der Waals surface area (Å²) in [6.45, 7) is 4.87. The number of hydrogen-bond acceptors (Lipinski definition) is 4. The van der Waals surface area contributed by atoms with Crippen molar-refractivity contribution in [2.45, 2.75) is 38.3 Å². The highest BCUT2D eigenvalue weighted by atomic mass is 32.2. The van der Waals surface area contributed by atoms with Gasteiger partial charge in [-0.1, -0.05) is 6.42 Å². The standard InChI is InChI=1S/C13H23N3O3S/c1-10(15-5-3-2-4-6-15)7-14-13(19)16-9-20-8-11(16)12(17)18/h10-11H,2-9H2,1H3,(H,14,19)(H,17,18). The lowest BCUT2D eigenvalue weighted by Gasteiger charge is -2.33. The van der Waals surface area contributed by atoms with Crippen molar-refractivity contribution in [2.24, 2.45) is 0 Å². The second-order valence-electron chi connectivity index (χ2n) is 5.46. The van der Waals surface area contributed by atoms with Crippen LogP contribution in [0.3, 0.4) is 0 Å². The summed E-state index contributed by atoms with van der Waals surface area (Å²) in [6, 6.07) is -0.644. The fourth-order valence-corrected chi connectivity index (χ4v) is 3.82. The average Bonchev–Trinajstić information content (AvgIpc) is 2.95. The Bertz CT molecular complexity index is 361. The lowest BCUT2D eigenvalue weighted by molar-refractivity contribution is -0.140. The minimum Gasteiger partial charge on any atom is -0.480 e. The third kappa shape index (κ3) is 3.79. The number of amides is 2. The maximum atomic E-state index is 12.1. The van der Waals surface area contributed by atoms with Gasteiger partial charge in [-0.15, -0.1) is 11.8 Å². The van der Waals surface area contributed by atoms with Crippen molar-refractivity contribution in [3.05, 3.63) is 0 Å². The van der Waals surface area contributed by atoms with Gasteiger partial charge in [0.2, 0.25) is 0 Å². The van der Waals surface area contributed by atoms with Crippen molar-refractivity contribution in [1.82, 2.24) is 15.1 Å². The summed E-state index contributed by atoms with van der Waals surface area (Å²) < 4.78 is 0. The molecule has 0 radical (unpaired) electrons. The van der Waals surface area contributed by atoms with E-state index in [1.165, 1.54) is 35.9 Å². The predicted molar refractivity (Wildman–Crippen MR) is 78.9 cm³/mol. The van der Waals surface area contributed by atoms with Crippen molar-refractivity contribution in [1.29, 1.82) is 0 Å². The second kappa shape index (κ2) is 7.17. The van der Waals surface area contributed by atoms with Gasteiger partial charge in [0.1, 0.15) is 6.04 Å². The van der Waals surface area contributed by atoms with Crippen LogP contribution in [0.25, 0.3) is 0 Å². The molecule has 2 aliphatic heterocycles. The summed E-state index contributed by atoms with van der Waals surface area (Å²) >= 11 is 1.48. The van der Waals surface area contributed by atoms with E-state index in [1.807, 2.05) is 0 Å². The molecule has 2 N–H and O–H groups in total. The molecule has 0 spiro atoms. The zero-order chi connectivity index (χ0) is 14.5. The molecule has 2 amide bonds. The molecule has 0 bridgehead atoms. The number of hydrogen-bond donors (Lipinski definition) is 2. The maximum absolute atomic E-state index is 12.1. The van der Waals surface area contributed by atoms with Crippen LogP contribution in [0.1, 0.15) is 26.2 Å². The first kappa shape index (κ1) is 15.4. The van der Waals surface area contributed by atoms with Crippen LogP contribution in [0.15, 0.2) is 0 Å². The molecular weight excluding hydrogens is 278 g/mol. The number of aliphatic carboxylic acids is 1. The first-order chi connectivity index (χ1) is 9.59. The fraction of sp³-hybridized carbons (Fsp3) is 0.846. The Balaban J connectivity index is 1.78. The number of nitrogens with zero attached hydrogens (tertiary/aromatic N) is 2. The third-order valence-corrected chi connectivity index (χ3v) is 5.00. The Morgan fingerprint density at radius 1 is 1.35 bits per heavy atom. The number of piperidine rings is 1. The van der Waals surface area contributed by atoms with Gasteiger partial charge in [-0.3, -0.25) is 4.90 Å². The molecule has 2 aliphatic rings. The lowest BCUT2D eigenvalue weighted by atomic mass is 10.1. The Kier molecular flexibility index (Phi) is 5.54. The quantitative estimate of drug-likeness (QED) is 0.811. The molecule has 0 aromatic rings. The van der Waals surface area contributed by atoms with E-state index in [1.54, 1.807) is 0 Å². The van der Waals surface area contributed by atoms with Gasteiger partial charge in [0.15, 0.2) is 0 Å². The Morgan fingerprint density at radius 3 is 2.70 bits per heavy atom. The van der Waals surface area contributed by atoms with Crippen LogP contribution in [-0.2, 0) is 4.79 Å². The second-order valence-corrected chi connectivity index (χ2v) is 6.46. The molecule has 0 aromatic heterocycles. The van der Waals surface area contributed by atoms with Gasteiger partial charge >= 0.3 is 12.0 Å². The van der Waals surface area contributed by atoms with Crippen molar-refractivity contribution in [2.75, 3.05) is 31.3 Å². The molecule has 2 rings (SSSR count). The lowest BCUT2D eigenvalue weighted by Crippen LogP contribution is -2.50. The molecule has 2 saturated heterocycles. The van der Waals surface area contributed by atoms with Crippen LogP contribution in [0, 0.1) is 0 Å². The molecule has 114 valence electrons. The zero-order valence-electron chi connectivity index (χ0n) is 11.9. The highest BCUT2D eigenvalue weighted by molar-refractivity contribution is 7.99. The Morgan fingerprint density at radius 2 is 2.05 bits per heavy atom. The third-order valence-electron chi connectivity index (χ3n) is 3.99. The minimum atomic E-state index is -0.922. The topological polar surface area (TPSA) is 72.9 Å². The van der Waals surface area contributed by atoms with Gasteiger partial charge in [-0.05, 0) is 32.9 Å². The number of nitrogens with one attached hydrogen (secondary N) is 1. The molecule has 2 atom stereocenters. The number of carbonyl (C=O) groups is 2. The van der Waals surface area contributed by atoms with Crippen LogP contribution in [0.2, 0.25) is 0 Å². The van der Waals surface area contributed by atoms with Crippen LogP contribution < -0.4 is 5.32 Å². The van der Waals surface area contributed by atoms with Gasteiger partial charge in [0.25, 0.3) is 0 Å². The normalized spacial score (nSPS) is 25.4. The van der Waals surface area contributed by atoms with Gasteiger partial charge in [0.05, 0.1) is 5.88 Å². The molecule has 2 heterocycles. The number of thioether (sulfide) groups is 1. The zero-order valence-corrected chi connectivity index (χ0v) is 12.7. The summed E-state index contributed by atoms with van der Waals surface area (Å²) in [5, 5.41) is 11.9. The predicted octanol–water partition coefficient (Wildman–Crippen LogP) is 1.03. The van der Waals surface area contributed by atoms with E-state index in [9.17, 15) is 9.59 Å². The molecule has 7 heteroatoms. The van der Waals surface area contributed by atoms with Gasteiger partial charge in [0, 0.05) is 18.3 Å². The number of rotatable bonds is 4. The van der Waals surface area contributed by atoms with E-state index in [4.69, 9.17) is 5.11 Å². The summed E-state index contributed by atoms with van der Waals surface area (Å²) in [5.41, 5.74) is 0. The number of carboxylic acid groups (broad SMARTS) is 1. The molecular formula is C13H23N3O3S.